The fourth-order valence-corrected chi connectivity index (χ4v) is 2.27. The molecule has 1 aromatic heterocycles. The summed E-state index contributed by atoms with van der Waals surface area (Å²) in [6, 6.07) is 0. The number of nitrogens with zero attached hydrogens (tertiary/aromatic N) is 2. The maximum Gasteiger partial charge on any atom is 0.411 e. The fraction of sp³-hybridized carbons (Fsp3) is 0.692. The van der Waals surface area contributed by atoms with Crippen molar-refractivity contribution in [2.24, 2.45) is 4.99 Å². The second-order valence-corrected chi connectivity index (χ2v) is 5.62. The summed E-state index contributed by atoms with van der Waals surface area (Å²) in [6.45, 7) is 2.00. The molecule has 0 aliphatic rings. The number of guanidine groups is 1. The van der Waals surface area contributed by atoms with Crippen LogP contribution >= 0.6 is 11.3 Å². The van der Waals surface area contributed by atoms with Gasteiger partial charge in [0.2, 0.25) is 0 Å². The van der Waals surface area contributed by atoms with Gasteiger partial charge in [0.1, 0.15) is 6.61 Å². The number of nitrogens with one attached hydrogen (secondary N) is 2. The molecular formula is C13H21F3N4OS. The summed E-state index contributed by atoms with van der Waals surface area (Å²) >= 11 is 1.61. The highest BCUT2D eigenvalue weighted by Crippen LogP contribution is 2.14. The Bertz CT molecular complexity index is 462. The normalized spacial score (nSPS) is 12.5. The third-order valence-corrected chi connectivity index (χ3v) is 3.41. The number of hydrogen-bond acceptors (Lipinski definition) is 4. The van der Waals surface area contributed by atoms with Crippen molar-refractivity contribution in [3.05, 3.63) is 16.1 Å². The summed E-state index contributed by atoms with van der Waals surface area (Å²) in [5, 5.41) is 9.20. The molecule has 1 aromatic rings. The third-order valence-electron chi connectivity index (χ3n) is 2.59. The van der Waals surface area contributed by atoms with Gasteiger partial charge in [-0.1, -0.05) is 0 Å². The van der Waals surface area contributed by atoms with Gasteiger partial charge in [-0.2, -0.15) is 13.2 Å². The van der Waals surface area contributed by atoms with Crippen LogP contribution in [0.25, 0.3) is 0 Å². The quantitative estimate of drug-likeness (QED) is 0.433. The van der Waals surface area contributed by atoms with Gasteiger partial charge in [0.15, 0.2) is 5.96 Å². The first-order valence-corrected chi connectivity index (χ1v) is 7.78. The van der Waals surface area contributed by atoms with E-state index in [9.17, 15) is 13.2 Å². The van der Waals surface area contributed by atoms with Crippen LogP contribution in [0, 0.1) is 6.92 Å². The molecule has 2 N–H and O–H groups in total. The van der Waals surface area contributed by atoms with Gasteiger partial charge in [0.05, 0.1) is 10.7 Å². The molecule has 0 saturated carbocycles. The van der Waals surface area contributed by atoms with Gasteiger partial charge in [-0.15, -0.1) is 11.3 Å². The molecule has 0 saturated heterocycles. The highest BCUT2D eigenvalue weighted by Gasteiger charge is 2.27. The molecular weight excluding hydrogens is 317 g/mol. The van der Waals surface area contributed by atoms with Crippen LogP contribution in [0.5, 0.6) is 0 Å². The van der Waals surface area contributed by atoms with Crippen LogP contribution in [0.1, 0.15) is 17.1 Å². The zero-order valence-electron chi connectivity index (χ0n) is 12.7. The van der Waals surface area contributed by atoms with E-state index in [0.29, 0.717) is 25.5 Å². The molecule has 0 aliphatic heterocycles. The number of thiazole rings is 1. The number of halogens is 3. The van der Waals surface area contributed by atoms with Gasteiger partial charge in [0, 0.05) is 38.5 Å². The predicted molar refractivity (Wildman–Crippen MR) is 81.4 cm³/mol. The standard InChI is InChI=1S/C13H21F3N4OS/c1-10-20-11(8-22-10)4-6-19-12(17-2)18-5-3-7-21-9-13(14,15)16/h8H,3-7,9H2,1-2H3,(H2,17,18,19). The Labute approximate surface area is 132 Å². The van der Waals surface area contributed by atoms with E-state index in [1.54, 1.807) is 18.4 Å². The van der Waals surface area contributed by atoms with Gasteiger partial charge in [0.25, 0.3) is 0 Å². The molecule has 0 spiro atoms. The molecule has 0 atom stereocenters. The topological polar surface area (TPSA) is 58.5 Å². The second kappa shape index (κ2) is 9.62. The zero-order chi connectivity index (χ0) is 16.4. The molecule has 0 aliphatic carbocycles. The first-order valence-electron chi connectivity index (χ1n) is 6.91. The maximum absolute atomic E-state index is 11.9. The molecule has 1 heterocycles. The number of aryl methyl sites for hydroxylation is 1. The number of aromatic nitrogens is 1. The van der Waals surface area contributed by atoms with Crippen molar-refractivity contribution in [3.8, 4) is 0 Å². The lowest BCUT2D eigenvalue weighted by atomic mass is 10.3. The average Bonchev–Trinajstić information content (AvgIpc) is 2.85. The van der Waals surface area contributed by atoms with Crippen LogP contribution in [0.2, 0.25) is 0 Å². The van der Waals surface area contributed by atoms with Crippen LogP contribution in [-0.4, -0.2) is 50.5 Å². The molecule has 126 valence electrons. The summed E-state index contributed by atoms with van der Waals surface area (Å²) in [6.07, 6.45) is -3.00. The summed E-state index contributed by atoms with van der Waals surface area (Å²) < 4.78 is 40.1. The molecule has 0 radical (unpaired) electrons. The van der Waals surface area contributed by atoms with Crippen LogP contribution < -0.4 is 10.6 Å². The summed E-state index contributed by atoms with van der Waals surface area (Å²) in [4.78, 5) is 8.40. The second-order valence-electron chi connectivity index (χ2n) is 4.55. The lowest BCUT2D eigenvalue weighted by molar-refractivity contribution is -0.173. The van der Waals surface area contributed by atoms with E-state index in [2.05, 4.69) is 25.3 Å². The first-order chi connectivity index (χ1) is 10.4. The molecule has 1 rings (SSSR count). The van der Waals surface area contributed by atoms with E-state index >= 15 is 0 Å². The van der Waals surface area contributed by atoms with Gasteiger partial charge in [-0.25, -0.2) is 4.98 Å². The molecule has 0 fully saturated rings. The van der Waals surface area contributed by atoms with Crippen molar-refractivity contribution in [2.75, 3.05) is 33.4 Å². The van der Waals surface area contributed by atoms with Gasteiger partial charge in [-0.05, 0) is 13.3 Å². The highest BCUT2D eigenvalue weighted by atomic mass is 32.1. The van der Waals surface area contributed by atoms with Crippen LogP contribution in [0.4, 0.5) is 13.2 Å². The number of aliphatic imine (C=N–C) groups is 1. The van der Waals surface area contributed by atoms with Crippen molar-refractivity contribution in [1.29, 1.82) is 0 Å². The predicted octanol–water partition coefficient (Wildman–Crippen LogP) is 2.13. The molecule has 22 heavy (non-hydrogen) atoms. The lowest BCUT2D eigenvalue weighted by Crippen LogP contribution is -2.39. The van der Waals surface area contributed by atoms with Crippen molar-refractivity contribution in [1.82, 2.24) is 15.6 Å². The largest absolute Gasteiger partial charge is 0.411 e. The third kappa shape index (κ3) is 8.83. The highest BCUT2D eigenvalue weighted by molar-refractivity contribution is 7.09. The smallest absolute Gasteiger partial charge is 0.372 e. The molecule has 0 bridgehead atoms. The fourth-order valence-electron chi connectivity index (χ4n) is 1.62. The zero-order valence-corrected chi connectivity index (χ0v) is 13.5. The first kappa shape index (κ1) is 18.7. The minimum absolute atomic E-state index is 0.0571. The summed E-state index contributed by atoms with van der Waals surface area (Å²) in [7, 11) is 1.64. The Balaban J connectivity index is 2.07. The van der Waals surface area contributed by atoms with E-state index in [0.717, 1.165) is 17.1 Å². The van der Waals surface area contributed by atoms with Crippen LogP contribution in [0.15, 0.2) is 10.4 Å². The van der Waals surface area contributed by atoms with Crippen LogP contribution in [0.3, 0.4) is 0 Å². The monoisotopic (exact) mass is 338 g/mol. The molecule has 0 aromatic carbocycles. The molecule has 5 nitrogen and oxygen atoms in total. The van der Waals surface area contributed by atoms with Crippen molar-refractivity contribution >= 4 is 17.3 Å². The summed E-state index contributed by atoms with van der Waals surface area (Å²) in [5.74, 6) is 0.614. The van der Waals surface area contributed by atoms with Crippen molar-refractivity contribution in [3.63, 3.8) is 0 Å². The number of alkyl halides is 3. The van der Waals surface area contributed by atoms with Gasteiger partial charge >= 0.3 is 6.18 Å². The number of rotatable bonds is 8. The molecule has 0 unspecified atom stereocenters. The number of ether oxygens (including phenoxy) is 1. The summed E-state index contributed by atoms with van der Waals surface area (Å²) in [5.41, 5.74) is 1.03. The minimum Gasteiger partial charge on any atom is -0.372 e. The average molecular weight is 338 g/mol. The van der Waals surface area contributed by atoms with E-state index in [1.807, 2.05) is 12.3 Å². The minimum atomic E-state index is -4.26. The van der Waals surface area contributed by atoms with E-state index in [1.165, 1.54) is 0 Å². The lowest BCUT2D eigenvalue weighted by Gasteiger charge is -2.12. The van der Waals surface area contributed by atoms with Crippen molar-refractivity contribution in [2.45, 2.75) is 25.9 Å². The Kier molecular flexibility index (Phi) is 8.18. The van der Waals surface area contributed by atoms with Gasteiger partial charge in [-0.3, -0.25) is 4.99 Å². The Morgan fingerprint density at radius 2 is 2.09 bits per heavy atom. The Morgan fingerprint density at radius 3 is 2.68 bits per heavy atom. The molecule has 0 amide bonds. The van der Waals surface area contributed by atoms with E-state index < -0.39 is 12.8 Å². The van der Waals surface area contributed by atoms with Gasteiger partial charge < -0.3 is 15.4 Å². The van der Waals surface area contributed by atoms with Crippen molar-refractivity contribution < 1.29 is 17.9 Å². The maximum atomic E-state index is 11.9. The Hall–Kier alpha value is -1.35. The number of hydrogen-bond donors (Lipinski definition) is 2. The SMILES string of the molecule is CN=C(NCCCOCC(F)(F)F)NCCc1csc(C)n1. The van der Waals surface area contributed by atoms with E-state index in [-0.39, 0.29) is 6.61 Å². The molecule has 9 heteroatoms. The van der Waals surface area contributed by atoms with Crippen LogP contribution in [-0.2, 0) is 11.2 Å². The Morgan fingerprint density at radius 1 is 1.36 bits per heavy atom. The van der Waals surface area contributed by atoms with E-state index in [4.69, 9.17) is 0 Å².